The molecule has 1 unspecified atom stereocenters. The molecule has 201 valence electrons. The molecule has 4 nitrogen and oxygen atoms in total. The maximum atomic E-state index is 13.6. The molecule has 2 rings (SSSR count). The molecule has 0 fully saturated rings. The normalized spacial score (nSPS) is 11.0. The molecule has 0 amide bonds. The van der Waals surface area contributed by atoms with Gasteiger partial charge < -0.3 is 14.2 Å². The van der Waals surface area contributed by atoms with E-state index in [1.807, 2.05) is 26.0 Å². The van der Waals surface area contributed by atoms with Crippen LogP contribution in [0.2, 0.25) is 0 Å². The molecule has 0 aromatic heterocycles. The summed E-state index contributed by atoms with van der Waals surface area (Å²) in [7, 11) is -0.0785. The quantitative estimate of drug-likeness (QED) is 0.113. The van der Waals surface area contributed by atoms with Gasteiger partial charge in [0.1, 0.15) is 17.2 Å². The van der Waals surface area contributed by atoms with Crippen LogP contribution >= 0.6 is 8.58 Å². The average molecular weight is 522 g/mol. The number of hydrogen-bond donors (Lipinski definition) is 0. The minimum Gasteiger partial charge on any atom is -0.493 e. The van der Waals surface area contributed by atoms with Crippen LogP contribution in [-0.4, -0.2) is 44.2 Å². The van der Waals surface area contributed by atoms with Crippen molar-refractivity contribution in [3.05, 3.63) is 46.5 Å². The standard InChI is InChI=1S/C31H47O4P.Li/c1-7-10-13-16-33-26-21-27(34-17-14-11-8-2)30(28(22-26)35-18-15-12-9-3)36-31(32)29-24(5)19-23(4)20-25(29)6;/h19-22,36H,7-18H2,1-6H3;. The number of rotatable bonds is 18. The molecule has 0 aliphatic rings. The van der Waals surface area contributed by atoms with E-state index < -0.39 is 0 Å². The van der Waals surface area contributed by atoms with Gasteiger partial charge in [-0.05, 0) is 59.7 Å². The van der Waals surface area contributed by atoms with Crippen LogP contribution in [0.3, 0.4) is 0 Å². The minimum absolute atomic E-state index is 0. The van der Waals surface area contributed by atoms with E-state index in [-0.39, 0.29) is 33.0 Å². The molecule has 0 heterocycles. The first-order valence-corrected chi connectivity index (χ1v) is 14.9. The molecule has 2 aromatic rings. The predicted octanol–water partition coefficient (Wildman–Crippen LogP) is 8.08. The van der Waals surface area contributed by atoms with E-state index in [1.54, 1.807) is 0 Å². The zero-order chi connectivity index (χ0) is 26.3. The Morgan fingerprint density at radius 1 is 0.676 bits per heavy atom. The Bertz CT molecular complexity index is 904. The van der Waals surface area contributed by atoms with E-state index >= 15 is 0 Å². The maximum Gasteiger partial charge on any atom is 0.186 e. The molecular formula is C31H47LiO4P. The molecule has 37 heavy (non-hydrogen) atoms. The summed E-state index contributed by atoms with van der Waals surface area (Å²) in [6.07, 6.45) is 9.78. The molecule has 0 bridgehead atoms. The number of carbonyl (C=O) groups is 1. The molecular weight excluding hydrogens is 474 g/mol. The van der Waals surface area contributed by atoms with Crippen molar-refractivity contribution in [3.8, 4) is 17.2 Å². The Hall–Kier alpha value is -1.46. The number of unbranched alkanes of at least 4 members (excludes halogenated alkanes) is 6. The van der Waals surface area contributed by atoms with Gasteiger partial charge in [-0.2, -0.15) is 0 Å². The first kappa shape index (κ1) is 33.6. The van der Waals surface area contributed by atoms with Crippen LogP contribution in [0.25, 0.3) is 0 Å². The molecule has 0 saturated heterocycles. The molecule has 0 aliphatic heterocycles. The van der Waals surface area contributed by atoms with Gasteiger partial charge >= 0.3 is 0 Å². The van der Waals surface area contributed by atoms with Gasteiger partial charge in [0.15, 0.2) is 5.52 Å². The van der Waals surface area contributed by atoms with E-state index in [9.17, 15) is 4.79 Å². The van der Waals surface area contributed by atoms with E-state index in [4.69, 9.17) is 14.2 Å². The van der Waals surface area contributed by atoms with E-state index in [0.29, 0.717) is 19.8 Å². The van der Waals surface area contributed by atoms with Crippen molar-refractivity contribution in [2.24, 2.45) is 0 Å². The Balaban J connectivity index is 0.00000684. The van der Waals surface area contributed by atoms with Crippen molar-refractivity contribution in [3.63, 3.8) is 0 Å². The summed E-state index contributed by atoms with van der Waals surface area (Å²) < 4.78 is 18.7. The number of ether oxygens (including phenoxy) is 3. The Morgan fingerprint density at radius 2 is 1.11 bits per heavy atom. The SMILES string of the molecule is CCCCCOc1cc(OCCCCC)c(PC(=O)c2c(C)cc(C)cc2C)c(OCCCCC)c1.[Li]. The Labute approximate surface area is 239 Å². The van der Waals surface area contributed by atoms with Crippen molar-refractivity contribution >= 4 is 38.3 Å². The van der Waals surface area contributed by atoms with Crippen LogP contribution in [0.5, 0.6) is 17.2 Å². The van der Waals surface area contributed by atoms with Gasteiger partial charge in [0.2, 0.25) is 0 Å². The second kappa shape index (κ2) is 18.7. The summed E-state index contributed by atoms with van der Waals surface area (Å²) in [4.78, 5) is 13.6. The summed E-state index contributed by atoms with van der Waals surface area (Å²) in [5.41, 5.74) is 4.16. The number of carbonyl (C=O) groups excluding carboxylic acids is 1. The van der Waals surface area contributed by atoms with Crippen LogP contribution in [0.1, 0.15) is 106 Å². The molecule has 1 radical (unpaired) electrons. The van der Waals surface area contributed by atoms with Crippen LogP contribution in [0.4, 0.5) is 0 Å². The summed E-state index contributed by atoms with van der Waals surface area (Å²) in [6, 6.07) is 8.09. The molecule has 2 aromatic carbocycles. The van der Waals surface area contributed by atoms with Crippen molar-refractivity contribution in [2.45, 2.75) is 99.3 Å². The van der Waals surface area contributed by atoms with Crippen LogP contribution in [0, 0.1) is 20.8 Å². The largest absolute Gasteiger partial charge is 0.493 e. The smallest absolute Gasteiger partial charge is 0.186 e. The Kier molecular flexibility index (Phi) is 17.0. The monoisotopic (exact) mass is 521 g/mol. The second-order valence-electron chi connectivity index (χ2n) is 9.69. The van der Waals surface area contributed by atoms with Gasteiger partial charge in [0.05, 0.1) is 25.1 Å². The van der Waals surface area contributed by atoms with Gasteiger partial charge in [-0.25, -0.2) is 0 Å². The van der Waals surface area contributed by atoms with Gasteiger partial charge in [-0.1, -0.05) is 77.0 Å². The molecule has 0 aliphatic carbocycles. The number of benzene rings is 2. The molecule has 6 heteroatoms. The van der Waals surface area contributed by atoms with Gasteiger partial charge in [-0.3, -0.25) is 4.79 Å². The fraction of sp³-hybridized carbons (Fsp3) is 0.581. The summed E-state index contributed by atoms with van der Waals surface area (Å²) in [6.45, 7) is 14.6. The van der Waals surface area contributed by atoms with Gasteiger partial charge in [0, 0.05) is 36.6 Å². The van der Waals surface area contributed by atoms with E-state index in [2.05, 4.69) is 39.8 Å². The minimum atomic E-state index is -0.0785. The fourth-order valence-corrected chi connectivity index (χ4v) is 5.61. The van der Waals surface area contributed by atoms with E-state index in [0.717, 1.165) is 97.0 Å². The first-order chi connectivity index (χ1) is 17.4. The average Bonchev–Trinajstić information content (AvgIpc) is 2.83. The van der Waals surface area contributed by atoms with Crippen molar-refractivity contribution in [2.75, 3.05) is 19.8 Å². The van der Waals surface area contributed by atoms with Crippen LogP contribution in [-0.2, 0) is 0 Å². The second-order valence-corrected chi connectivity index (χ2v) is 10.9. The predicted molar refractivity (Wildman–Crippen MR) is 160 cm³/mol. The summed E-state index contributed by atoms with van der Waals surface area (Å²) >= 11 is 0. The summed E-state index contributed by atoms with van der Waals surface area (Å²) in [5.74, 6) is 2.20. The zero-order valence-corrected chi connectivity index (χ0v) is 25.4. The third kappa shape index (κ3) is 11.4. The molecule has 0 saturated carbocycles. The Morgan fingerprint density at radius 3 is 1.54 bits per heavy atom. The van der Waals surface area contributed by atoms with Crippen molar-refractivity contribution < 1.29 is 19.0 Å². The first-order valence-electron chi connectivity index (χ1n) is 13.9. The number of hydrogen-bond acceptors (Lipinski definition) is 4. The van der Waals surface area contributed by atoms with Crippen molar-refractivity contribution in [1.82, 2.24) is 0 Å². The fourth-order valence-electron chi connectivity index (χ4n) is 4.32. The van der Waals surface area contributed by atoms with Crippen molar-refractivity contribution in [1.29, 1.82) is 0 Å². The third-order valence-electron chi connectivity index (χ3n) is 6.21. The van der Waals surface area contributed by atoms with Gasteiger partial charge in [-0.15, -0.1) is 0 Å². The van der Waals surface area contributed by atoms with E-state index in [1.165, 1.54) is 5.56 Å². The molecule has 0 spiro atoms. The summed E-state index contributed by atoms with van der Waals surface area (Å²) in [5, 5.41) is 0.855. The third-order valence-corrected chi connectivity index (χ3v) is 7.43. The number of aryl methyl sites for hydroxylation is 3. The zero-order valence-electron chi connectivity index (χ0n) is 24.4. The van der Waals surface area contributed by atoms with Crippen LogP contribution in [0.15, 0.2) is 24.3 Å². The molecule has 0 N–H and O–H groups in total. The van der Waals surface area contributed by atoms with Gasteiger partial charge in [0.25, 0.3) is 0 Å². The maximum absolute atomic E-state index is 13.6. The van der Waals surface area contributed by atoms with Crippen LogP contribution < -0.4 is 19.5 Å². The molecule has 1 atom stereocenters. The topological polar surface area (TPSA) is 44.8 Å².